The van der Waals surface area contributed by atoms with Crippen LogP contribution in [0.1, 0.15) is 13.3 Å². The quantitative estimate of drug-likeness (QED) is 0.853. The molecule has 6 nitrogen and oxygen atoms in total. The van der Waals surface area contributed by atoms with Gasteiger partial charge in [0.05, 0.1) is 7.11 Å². The van der Waals surface area contributed by atoms with Crippen LogP contribution >= 0.6 is 0 Å². The molecule has 2 aromatic rings. The third kappa shape index (κ3) is 3.98. The molecule has 2 rings (SSSR count). The van der Waals surface area contributed by atoms with E-state index in [1.807, 2.05) is 6.92 Å². The van der Waals surface area contributed by atoms with Gasteiger partial charge in [0.15, 0.2) is 11.6 Å². The fourth-order valence-corrected chi connectivity index (χ4v) is 1.52. The molecule has 0 amide bonds. The number of halogens is 2. The highest BCUT2D eigenvalue weighted by Crippen LogP contribution is 2.18. The van der Waals surface area contributed by atoms with Gasteiger partial charge in [0.2, 0.25) is 11.9 Å². The SMILES string of the molecule is CCCNc1nc(Nc2ccc(F)c(F)c2)nc(OC)n1. The van der Waals surface area contributed by atoms with Crippen molar-refractivity contribution in [3.8, 4) is 6.01 Å². The maximum Gasteiger partial charge on any atom is 0.322 e. The van der Waals surface area contributed by atoms with Crippen LogP contribution in [-0.2, 0) is 0 Å². The number of aromatic nitrogens is 3. The summed E-state index contributed by atoms with van der Waals surface area (Å²) >= 11 is 0. The highest BCUT2D eigenvalue weighted by Gasteiger charge is 2.08. The lowest BCUT2D eigenvalue weighted by Crippen LogP contribution is -2.09. The van der Waals surface area contributed by atoms with Crippen LogP contribution < -0.4 is 15.4 Å². The van der Waals surface area contributed by atoms with E-state index in [2.05, 4.69) is 25.6 Å². The van der Waals surface area contributed by atoms with E-state index in [0.29, 0.717) is 18.2 Å². The number of hydrogen-bond acceptors (Lipinski definition) is 6. The molecule has 112 valence electrons. The zero-order valence-electron chi connectivity index (χ0n) is 11.7. The van der Waals surface area contributed by atoms with Gasteiger partial charge >= 0.3 is 6.01 Å². The predicted molar refractivity (Wildman–Crippen MR) is 74.8 cm³/mol. The molecule has 1 aromatic carbocycles. The fourth-order valence-electron chi connectivity index (χ4n) is 1.52. The van der Waals surface area contributed by atoms with Crippen molar-refractivity contribution in [2.45, 2.75) is 13.3 Å². The lowest BCUT2D eigenvalue weighted by molar-refractivity contribution is 0.379. The second kappa shape index (κ2) is 6.78. The van der Waals surface area contributed by atoms with Gasteiger partial charge in [-0.1, -0.05) is 6.92 Å². The Bertz CT molecular complexity index is 624. The molecule has 0 atom stereocenters. The summed E-state index contributed by atoms with van der Waals surface area (Å²) < 4.78 is 31.0. The van der Waals surface area contributed by atoms with E-state index in [4.69, 9.17) is 4.74 Å². The molecular formula is C13H15F2N5O. The first-order valence-electron chi connectivity index (χ1n) is 6.38. The number of nitrogens with one attached hydrogen (secondary N) is 2. The monoisotopic (exact) mass is 295 g/mol. The second-order valence-corrected chi connectivity index (χ2v) is 4.15. The van der Waals surface area contributed by atoms with Crippen LogP contribution in [0.5, 0.6) is 6.01 Å². The normalized spacial score (nSPS) is 10.3. The van der Waals surface area contributed by atoms with Gasteiger partial charge in [0.25, 0.3) is 0 Å². The van der Waals surface area contributed by atoms with Crippen molar-refractivity contribution in [3.63, 3.8) is 0 Å². The highest BCUT2D eigenvalue weighted by atomic mass is 19.2. The van der Waals surface area contributed by atoms with E-state index in [0.717, 1.165) is 18.6 Å². The summed E-state index contributed by atoms with van der Waals surface area (Å²) in [5.41, 5.74) is 0.323. The van der Waals surface area contributed by atoms with Crippen molar-refractivity contribution in [1.29, 1.82) is 0 Å². The van der Waals surface area contributed by atoms with E-state index >= 15 is 0 Å². The summed E-state index contributed by atoms with van der Waals surface area (Å²) in [5, 5.41) is 5.77. The molecule has 0 aliphatic rings. The standard InChI is InChI=1S/C13H15F2N5O/c1-3-6-16-11-18-12(20-13(19-11)21-2)17-8-4-5-9(14)10(15)7-8/h4-5,7H,3,6H2,1-2H3,(H2,16,17,18,19,20). The van der Waals surface area contributed by atoms with Crippen LogP contribution in [0.4, 0.5) is 26.4 Å². The molecule has 2 N–H and O–H groups in total. The highest BCUT2D eigenvalue weighted by molar-refractivity contribution is 5.54. The largest absolute Gasteiger partial charge is 0.467 e. The first-order chi connectivity index (χ1) is 10.1. The molecule has 1 heterocycles. The maximum absolute atomic E-state index is 13.2. The lowest BCUT2D eigenvalue weighted by Gasteiger charge is -2.09. The van der Waals surface area contributed by atoms with E-state index in [1.165, 1.54) is 13.2 Å². The Balaban J connectivity index is 2.23. The predicted octanol–water partition coefficient (Wildman–Crippen LogP) is 2.72. The Morgan fingerprint density at radius 1 is 1.10 bits per heavy atom. The number of anilines is 3. The van der Waals surface area contributed by atoms with Gasteiger partial charge in [-0.05, 0) is 18.6 Å². The minimum Gasteiger partial charge on any atom is -0.467 e. The third-order valence-corrected chi connectivity index (χ3v) is 2.51. The van der Waals surface area contributed by atoms with Crippen LogP contribution in [0.2, 0.25) is 0 Å². The molecule has 1 aromatic heterocycles. The average molecular weight is 295 g/mol. The Morgan fingerprint density at radius 3 is 2.52 bits per heavy atom. The third-order valence-electron chi connectivity index (χ3n) is 2.51. The van der Waals surface area contributed by atoms with Crippen LogP contribution in [0.3, 0.4) is 0 Å². The van der Waals surface area contributed by atoms with Crippen molar-refractivity contribution in [2.24, 2.45) is 0 Å². The Hall–Kier alpha value is -2.51. The van der Waals surface area contributed by atoms with E-state index in [1.54, 1.807) is 0 Å². The first kappa shape index (κ1) is 14.9. The number of nitrogens with zero attached hydrogens (tertiary/aromatic N) is 3. The van der Waals surface area contributed by atoms with Crippen LogP contribution in [0.15, 0.2) is 18.2 Å². The van der Waals surface area contributed by atoms with Gasteiger partial charge in [-0.15, -0.1) is 0 Å². The van der Waals surface area contributed by atoms with Crippen molar-refractivity contribution < 1.29 is 13.5 Å². The van der Waals surface area contributed by atoms with Crippen LogP contribution in [0.25, 0.3) is 0 Å². The van der Waals surface area contributed by atoms with Crippen LogP contribution in [0, 0.1) is 11.6 Å². The smallest absolute Gasteiger partial charge is 0.322 e. The minimum absolute atomic E-state index is 0.119. The van der Waals surface area contributed by atoms with Gasteiger partial charge in [0, 0.05) is 18.3 Å². The summed E-state index contributed by atoms with van der Waals surface area (Å²) in [6.45, 7) is 2.70. The van der Waals surface area contributed by atoms with Gasteiger partial charge in [0.1, 0.15) is 0 Å². The molecule has 0 saturated carbocycles. The molecule has 8 heteroatoms. The van der Waals surface area contributed by atoms with E-state index in [-0.39, 0.29) is 12.0 Å². The summed E-state index contributed by atoms with van der Waals surface area (Å²) in [7, 11) is 1.43. The molecule has 0 aliphatic heterocycles. The zero-order chi connectivity index (χ0) is 15.2. The number of benzene rings is 1. The summed E-state index contributed by atoms with van der Waals surface area (Å²) in [6.07, 6.45) is 0.903. The maximum atomic E-state index is 13.2. The molecule has 0 spiro atoms. The number of rotatable bonds is 6. The van der Waals surface area contributed by atoms with E-state index in [9.17, 15) is 8.78 Å². The van der Waals surface area contributed by atoms with Crippen LogP contribution in [-0.4, -0.2) is 28.6 Å². The van der Waals surface area contributed by atoms with Gasteiger partial charge < -0.3 is 15.4 Å². The summed E-state index contributed by atoms with van der Waals surface area (Å²) in [5.74, 6) is -1.36. The minimum atomic E-state index is -0.953. The molecule has 0 bridgehead atoms. The molecular weight excluding hydrogens is 280 g/mol. The van der Waals surface area contributed by atoms with Gasteiger partial charge in [-0.2, -0.15) is 15.0 Å². The average Bonchev–Trinajstić information content (AvgIpc) is 2.48. The number of ether oxygens (including phenoxy) is 1. The molecule has 0 fully saturated rings. The number of hydrogen-bond donors (Lipinski definition) is 2. The van der Waals surface area contributed by atoms with Gasteiger partial charge in [-0.25, -0.2) is 8.78 Å². The zero-order valence-corrected chi connectivity index (χ0v) is 11.7. The molecule has 0 unspecified atom stereocenters. The molecule has 0 radical (unpaired) electrons. The molecule has 21 heavy (non-hydrogen) atoms. The molecule has 0 aliphatic carbocycles. The van der Waals surface area contributed by atoms with Gasteiger partial charge in [-0.3, -0.25) is 0 Å². The Labute approximate surface area is 120 Å². The summed E-state index contributed by atoms with van der Waals surface area (Å²) in [4.78, 5) is 12.2. The topological polar surface area (TPSA) is 72.0 Å². The van der Waals surface area contributed by atoms with Crippen molar-refractivity contribution >= 4 is 17.6 Å². The Morgan fingerprint density at radius 2 is 1.86 bits per heavy atom. The van der Waals surface area contributed by atoms with Crippen molar-refractivity contribution in [1.82, 2.24) is 15.0 Å². The lowest BCUT2D eigenvalue weighted by atomic mass is 10.3. The Kier molecular flexibility index (Phi) is 4.81. The first-order valence-corrected chi connectivity index (χ1v) is 6.38. The fraction of sp³-hybridized carbons (Fsp3) is 0.308. The number of methoxy groups -OCH3 is 1. The van der Waals surface area contributed by atoms with Crippen molar-refractivity contribution in [2.75, 3.05) is 24.3 Å². The summed E-state index contributed by atoms with van der Waals surface area (Å²) in [6, 6.07) is 3.54. The van der Waals surface area contributed by atoms with E-state index < -0.39 is 11.6 Å². The second-order valence-electron chi connectivity index (χ2n) is 4.15. The molecule has 0 saturated heterocycles. The van der Waals surface area contributed by atoms with Crippen molar-refractivity contribution in [3.05, 3.63) is 29.8 Å².